The number of halogens is 1. The Morgan fingerprint density at radius 1 is 0.917 bits per heavy atom. The van der Waals surface area contributed by atoms with Gasteiger partial charge in [0.25, 0.3) is 0 Å². The summed E-state index contributed by atoms with van der Waals surface area (Å²) in [5, 5.41) is 3.71. The number of benzene rings is 2. The van der Waals surface area contributed by atoms with E-state index in [1.807, 2.05) is 6.07 Å². The van der Waals surface area contributed by atoms with Gasteiger partial charge in [-0.2, -0.15) is 0 Å². The third-order valence-corrected chi connectivity index (χ3v) is 6.36. The lowest BCUT2D eigenvalue weighted by Gasteiger charge is -2.54. The molecule has 0 unspecified atom stereocenters. The summed E-state index contributed by atoms with van der Waals surface area (Å²) in [7, 11) is 0. The van der Waals surface area contributed by atoms with Crippen LogP contribution in [0.25, 0.3) is 0 Å². The van der Waals surface area contributed by atoms with Crippen molar-refractivity contribution in [2.24, 2.45) is 5.41 Å². The Hall–Kier alpha value is -1.67. The van der Waals surface area contributed by atoms with E-state index < -0.39 is 0 Å². The Kier molecular flexibility index (Phi) is 4.41. The molecule has 1 N–H and O–H groups in total. The highest BCUT2D eigenvalue weighted by atomic mass is 19.1. The van der Waals surface area contributed by atoms with Crippen molar-refractivity contribution in [2.75, 3.05) is 0 Å². The number of hydrogen-bond acceptors (Lipinski definition) is 1. The van der Waals surface area contributed by atoms with E-state index in [1.165, 1.54) is 50.2 Å². The minimum atomic E-state index is -0.138. The Balaban J connectivity index is 1.34. The van der Waals surface area contributed by atoms with Crippen LogP contribution in [-0.4, -0.2) is 6.04 Å². The summed E-state index contributed by atoms with van der Waals surface area (Å²) < 4.78 is 13.3. The first-order valence-corrected chi connectivity index (χ1v) is 9.28. The topological polar surface area (TPSA) is 12.0 Å². The molecule has 2 heteroatoms. The van der Waals surface area contributed by atoms with Crippen molar-refractivity contribution in [1.29, 1.82) is 0 Å². The molecule has 24 heavy (non-hydrogen) atoms. The first-order chi connectivity index (χ1) is 11.8. The number of nitrogens with one attached hydrogen (secondary N) is 1. The fourth-order valence-corrected chi connectivity index (χ4v) is 4.75. The van der Waals surface area contributed by atoms with Crippen LogP contribution >= 0.6 is 0 Å². The highest BCUT2D eigenvalue weighted by Crippen LogP contribution is 2.54. The molecule has 2 aromatic rings. The molecule has 0 aromatic heterocycles. The molecule has 2 fully saturated rings. The van der Waals surface area contributed by atoms with Crippen molar-refractivity contribution in [1.82, 2.24) is 5.32 Å². The lowest BCUT2D eigenvalue weighted by atomic mass is 9.55. The summed E-state index contributed by atoms with van der Waals surface area (Å²) in [6.07, 6.45) is 7.89. The van der Waals surface area contributed by atoms with Crippen LogP contribution in [0.3, 0.4) is 0 Å². The molecule has 1 nitrogen and oxygen atoms in total. The molecule has 2 saturated carbocycles. The van der Waals surface area contributed by atoms with Crippen molar-refractivity contribution >= 4 is 0 Å². The zero-order valence-electron chi connectivity index (χ0n) is 14.2. The highest BCUT2D eigenvalue weighted by Gasteiger charge is 2.47. The van der Waals surface area contributed by atoms with Crippen LogP contribution in [0.1, 0.15) is 55.6 Å². The van der Waals surface area contributed by atoms with E-state index in [9.17, 15) is 4.39 Å². The van der Waals surface area contributed by atoms with Gasteiger partial charge in [-0.15, -0.1) is 0 Å². The smallest absolute Gasteiger partial charge is 0.123 e. The first kappa shape index (κ1) is 15.8. The third kappa shape index (κ3) is 3.12. The molecule has 2 aliphatic carbocycles. The Morgan fingerprint density at radius 2 is 1.67 bits per heavy atom. The SMILES string of the molecule is Fc1cccc(CN[C@H]2CCC23CCC(c2ccccc2)CC3)c1. The van der Waals surface area contributed by atoms with Crippen LogP contribution < -0.4 is 5.32 Å². The summed E-state index contributed by atoms with van der Waals surface area (Å²) in [5.74, 6) is 0.599. The second-order valence-corrected chi connectivity index (χ2v) is 7.65. The minimum absolute atomic E-state index is 0.138. The zero-order valence-corrected chi connectivity index (χ0v) is 14.2. The lowest BCUT2D eigenvalue weighted by Crippen LogP contribution is -2.54. The second-order valence-electron chi connectivity index (χ2n) is 7.65. The summed E-state index contributed by atoms with van der Waals surface area (Å²) in [6, 6.07) is 18.6. The molecular formula is C22H26FN. The zero-order chi connectivity index (χ0) is 16.4. The monoisotopic (exact) mass is 323 g/mol. The van der Waals surface area contributed by atoms with Gasteiger partial charge in [0, 0.05) is 12.6 Å². The first-order valence-electron chi connectivity index (χ1n) is 9.28. The van der Waals surface area contributed by atoms with Crippen molar-refractivity contribution in [3.05, 3.63) is 71.5 Å². The molecule has 0 bridgehead atoms. The van der Waals surface area contributed by atoms with Crippen molar-refractivity contribution in [3.63, 3.8) is 0 Å². The predicted molar refractivity (Wildman–Crippen MR) is 96.3 cm³/mol. The summed E-state index contributed by atoms with van der Waals surface area (Å²) in [5.41, 5.74) is 3.06. The summed E-state index contributed by atoms with van der Waals surface area (Å²) in [6.45, 7) is 0.784. The Bertz CT molecular complexity index is 673. The van der Waals surface area contributed by atoms with Gasteiger partial charge >= 0.3 is 0 Å². The quantitative estimate of drug-likeness (QED) is 0.792. The van der Waals surface area contributed by atoms with E-state index >= 15 is 0 Å². The fourth-order valence-electron chi connectivity index (χ4n) is 4.75. The van der Waals surface area contributed by atoms with Crippen molar-refractivity contribution in [2.45, 2.75) is 57.0 Å². The van der Waals surface area contributed by atoms with Crippen LogP contribution in [0.2, 0.25) is 0 Å². The largest absolute Gasteiger partial charge is 0.309 e. The normalized spacial score (nSPS) is 29.4. The molecule has 0 saturated heterocycles. The number of hydrogen-bond donors (Lipinski definition) is 1. The molecule has 1 spiro atoms. The van der Waals surface area contributed by atoms with Crippen LogP contribution in [0.5, 0.6) is 0 Å². The standard InChI is InChI=1S/C22H26FN/c23-20-8-4-5-17(15-20)16-24-21-11-14-22(21)12-9-19(10-13-22)18-6-2-1-3-7-18/h1-8,15,19,21,24H,9-14,16H2/t19?,21-,22?/m0/s1. The molecule has 2 aromatic carbocycles. The second kappa shape index (κ2) is 6.68. The van der Waals surface area contributed by atoms with E-state index in [0.717, 1.165) is 18.0 Å². The molecule has 0 amide bonds. The molecule has 4 rings (SSSR count). The van der Waals surface area contributed by atoms with Crippen molar-refractivity contribution < 1.29 is 4.39 Å². The Labute approximate surface area is 144 Å². The van der Waals surface area contributed by atoms with Crippen LogP contribution in [0.4, 0.5) is 4.39 Å². The summed E-state index contributed by atoms with van der Waals surface area (Å²) >= 11 is 0. The van der Waals surface area contributed by atoms with Crippen LogP contribution in [0.15, 0.2) is 54.6 Å². The number of rotatable bonds is 4. The van der Waals surface area contributed by atoms with Gasteiger partial charge in [0.1, 0.15) is 5.82 Å². The van der Waals surface area contributed by atoms with Gasteiger partial charge in [-0.3, -0.25) is 0 Å². The van der Waals surface area contributed by atoms with Crippen molar-refractivity contribution in [3.8, 4) is 0 Å². The van der Waals surface area contributed by atoms with Gasteiger partial charge in [0.2, 0.25) is 0 Å². The molecule has 0 heterocycles. The van der Waals surface area contributed by atoms with Gasteiger partial charge in [0.05, 0.1) is 0 Å². The maximum Gasteiger partial charge on any atom is 0.123 e. The minimum Gasteiger partial charge on any atom is -0.309 e. The van der Waals surface area contributed by atoms with Gasteiger partial charge in [-0.1, -0.05) is 42.5 Å². The molecule has 1 atom stereocenters. The third-order valence-electron chi connectivity index (χ3n) is 6.36. The molecular weight excluding hydrogens is 297 g/mol. The van der Waals surface area contributed by atoms with Crippen LogP contribution in [0, 0.1) is 11.2 Å². The van der Waals surface area contributed by atoms with E-state index in [1.54, 1.807) is 12.1 Å². The molecule has 126 valence electrons. The maximum atomic E-state index is 13.3. The van der Waals surface area contributed by atoms with Gasteiger partial charge < -0.3 is 5.32 Å². The van der Waals surface area contributed by atoms with E-state index in [-0.39, 0.29) is 5.82 Å². The van der Waals surface area contributed by atoms with E-state index in [0.29, 0.717) is 11.5 Å². The Morgan fingerprint density at radius 3 is 2.33 bits per heavy atom. The van der Waals surface area contributed by atoms with Gasteiger partial charge in [-0.05, 0) is 73.1 Å². The average molecular weight is 323 g/mol. The highest BCUT2D eigenvalue weighted by molar-refractivity contribution is 5.21. The average Bonchev–Trinajstić information content (AvgIpc) is 2.62. The lowest BCUT2D eigenvalue weighted by molar-refractivity contribution is 0.0164. The van der Waals surface area contributed by atoms with E-state index in [4.69, 9.17) is 0 Å². The van der Waals surface area contributed by atoms with E-state index in [2.05, 4.69) is 35.6 Å². The van der Waals surface area contributed by atoms with Gasteiger partial charge in [-0.25, -0.2) is 4.39 Å². The maximum absolute atomic E-state index is 13.3. The fraction of sp³-hybridized carbons (Fsp3) is 0.455. The molecule has 0 radical (unpaired) electrons. The van der Waals surface area contributed by atoms with Gasteiger partial charge in [0.15, 0.2) is 0 Å². The van der Waals surface area contributed by atoms with Crippen LogP contribution in [-0.2, 0) is 6.54 Å². The summed E-state index contributed by atoms with van der Waals surface area (Å²) in [4.78, 5) is 0. The molecule has 0 aliphatic heterocycles. The molecule has 2 aliphatic rings. The predicted octanol–water partition coefficient (Wildman–Crippen LogP) is 5.42.